The minimum atomic E-state index is -1.10. The molecule has 2 aromatic carbocycles. The van der Waals surface area contributed by atoms with E-state index in [0.29, 0.717) is 17.2 Å². The zero-order valence-electron chi connectivity index (χ0n) is 17.5. The zero-order chi connectivity index (χ0) is 21.7. The van der Waals surface area contributed by atoms with Crippen molar-refractivity contribution in [3.8, 4) is 5.75 Å². The fraction of sp³-hybridized carbons (Fsp3) is 0.409. The number of rotatable bonds is 4. The van der Waals surface area contributed by atoms with Gasteiger partial charge in [0.25, 0.3) is 0 Å². The molecule has 0 saturated carbocycles. The van der Waals surface area contributed by atoms with Crippen molar-refractivity contribution < 1.29 is 23.9 Å². The molecule has 0 aliphatic carbocycles. The van der Waals surface area contributed by atoms with E-state index in [1.807, 2.05) is 64.1 Å². The lowest BCUT2D eigenvalue weighted by molar-refractivity contribution is 0.00578. The summed E-state index contributed by atoms with van der Waals surface area (Å²) in [5, 5.41) is 12.2. The Kier molecular flexibility index (Phi) is 5.04. The van der Waals surface area contributed by atoms with Crippen molar-refractivity contribution in [2.75, 3.05) is 6.54 Å². The van der Waals surface area contributed by atoms with Gasteiger partial charge >= 0.3 is 13.2 Å². The number of halogens is 1. The van der Waals surface area contributed by atoms with Crippen LogP contribution in [0, 0.1) is 0 Å². The van der Waals surface area contributed by atoms with Crippen LogP contribution in [0.2, 0.25) is 5.02 Å². The summed E-state index contributed by atoms with van der Waals surface area (Å²) in [7, 11) is -0.639. The van der Waals surface area contributed by atoms with E-state index in [4.69, 9.17) is 25.6 Å². The summed E-state index contributed by atoms with van der Waals surface area (Å²) in [4.78, 5) is 11.2. The molecule has 0 bridgehead atoms. The van der Waals surface area contributed by atoms with Gasteiger partial charge in [-0.25, -0.2) is 4.79 Å². The first-order valence-electron chi connectivity index (χ1n) is 9.93. The number of hydrogen-bond donors (Lipinski definition) is 2. The third-order valence-corrected chi connectivity index (χ3v) is 6.67. The maximum absolute atomic E-state index is 11.2. The first-order valence-corrected chi connectivity index (χ1v) is 10.3. The number of hydrogen-bond acceptors (Lipinski definition) is 4. The predicted octanol–water partition coefficient (Wildman–Crippen LogP) is 3.74. The van der Waals surface area contributed by atoms with Crippen LogP contribution >= 0.6 is 11.6 Å². The van der Waals surface area contributed by atoms with Gasteiger partial charge in [0.1, 0.15) is 5.75 Å². The predicted molar refractivity (Wildman–Crippen MR) is 116 cm³/mol. The molecule has 1 atom stereocenters. The molecule has 30 heavy (non-hydrogen) atoms. The Morgan fingerprint density at radius 3 is 2.33 bits per heavy atom. The highest BCUT2D eigenvalue weighted by molar-refractivity contribution is 6.66. The Bertz CT molecular complexity index is 965. The average Bonchev–Trinajstić information content (AvgIpc) is 3.15. The Morgan fingerprint density at radius 2 is 1.73 bits per heavy atom. The molecule has 1 unspecified atom stereocenters. The minimum Gasteiger partial charge on any atom is -0.480 e. The second-order valence-corrected chi connectivity index (χ2v) is 9.23. The van der Waals surface area contributed by atoms with E-state index in [2.05, 4.69) is 5.32 Å². The Labute approximate surface area is 181 Å². The van der Waals surface area contributed by atoms with E-state index in [9.17, 15) is 9.90 Å². The molecular weight excluding hydrogens is 405 g/mol. The average molecular weight is 430 g/mol. The van der Waals surface area contributed by atoms with Crippen LogP contribution in [0.15, 0.2) is 42.5 Å². The number of nitrogens with one attached hydrogen (secondary N) is 1. The van der Waals surface area contributed by atoms with Crippen LogP contribution in [0.25, 0.3) is 0 Å². The van der Waals surface area contributed by atoms with Crippen molar-refractivity contribution in [3.05, 3.63) is 58.6 Å². The van der Waals surface area contributed by atoms with Crippen molar-refractivity contribution in [2.45, 2.75) is 50.9 Å². The molecule has 2 aromatic rings. The molecule has 0 aromatic heterocycles. The fourth-order valence-electron chi connectivity index (χ4n) is 3.96. The highest BCUT2D eigenvalue weighted by atomic mass is 35.5. The summed E-state index contributed by atoms with van der Waals surface area (Å²) >= 11 is 6.62. The second kappa shape index (κ2) is 7.19. The molecule has 0 radical (unpaired) electrons. The van der Waals surface area contributed by atoms with E-state index in [1.54, 1.807) is 6.07 Å². The lowest BCUT2D eigenvalue weighted by Gasteiger charge is -2.32. The quantitative estimate of drug-likeness (QED) is 0.724. The van der Waals surface area contributed by atoms with Crippen molar-refractivity contribution in [3.63, 3.8) is 0 Å². The minimum absolute atomic E-state index is 0.0987. The van der Waals surface area contributed by atoms with Crippen LogP contribution in [0.4, 0.5) is 4.79 Å². The van der Waals surface area contributed by atoms with Gasteiger partial charge in [-0.1, -0.05) is 41.9 Å². The lowest BCUT2D eigenvalue weighted by Crippen LogP contribution is -2.44. The molecule has 2 aliphatic heterocycles. The summed E-state index contributed by atoms with van der Waals surface area (Å²) < 4.78 is 18.9. The van der Waals surface area contributed by atoms with E-state index in [-0.39, 0.29) is 6.54 Å². The standard InChI is InChI=1S/C22H25BClNO5/c1-20(2)21(3,4)30-23(29-20)18-15-12-22(13-25-19(26)27,14-8-6-5-7-9-14)28-17(15)11-10-16(18)24/h5-11,25H,12-13H2,1-4H3,(H,26,27). The lowest BCUT2D eigenvalue weighted by atomic mass is 9.73. The fourth-order valence-corrected chi connectivity index (χ4v) is 4.23. The number of ether oxygens (including phenoxy) is 1. The third kappa shape index (κ3) is 3.45. The molecular formula is C22H25BClNO5. The molecule has 2 heterocycles. The monoisotopic (exact) mass is 429 g/mol. The molecule has 4 rings (SSSR count). The van der Waals surface area contributed by atoms with Gasteiger partial charge in [-0.15, -0.1) is 0 Å². The molecule has 1 saturated heterocycles. The number of carbonyl (C=O) groups is 1. The summed E-state index contributed by atoms with van der Waals surface area (Å²) in [6, 6.07) is 13.2. The summed E-state index contributed by atoms with van der Waals surface area (Å²) in [6.45, 7) is 8.07. The van der Waals surface area contributed by atoms with E-state index >= 15 is 0 Å². The molecule has 1 amide bonds. The van der Waals surface area contributed by atoms with Crippen LogP contribution < -0.4 is 15.5 Å². The van der Waals surface area contributed by atoms with Crippen LogP contribution in [0.5, 0.6) is 5.75 Å². The first kappa shape index (κ1) is 21.0. The molecule has 158 valence electrons. The molecule has 0 spiro atoms. The van der Waals surface area contributed by atoms with Crippen molar-refractivity contribution in [1.29, 1.82) is 0 Å². The highest BCUT2D eigenvalue weighted by Crippen LogP contribution is 2.44. The Morgan fingerprint density at radius 1 is 1.10 bits per heavy atom. The SMILES string of the molecule is CC1(C)OB(c2c(Cl)ccc3c2CC(CNC(=O)O)(c2ccccc2)O3)OC1(C)C. The van der Waals surface area contributed by atoms with Crippen LogP contribution in [0.3, 0.4) is 0 Å². The second-order valence-electron chi connectivity index (χ2n) is 8.82. The van der Waals surface area contributed by atoms with Gasteiger partial charge in [0, 0.05) is 16.9 Å². The number of benzene rings is 2. The molecule has 1 fully saturated rings. The maximum Gasteiger partial charge on any atom is 0.496 e. The largest absolute Gasteiger partial charge is 0.496 e. The van der Waals surface area contributed by atoms with Gasteiger partial charge in [0.2, 0.25) is 0 Å². The topological polar surface area (TPSA) is 77.0 Å². The van der Waals surface area contributed by atoms with Crippen molar-refractivity contribution in [1.82, 2.24) is 5.32 Å². The van der Waals surface area contributed by atoms with Crippen LogP contribution in [-0.2, 0) is 21.3 Å². The van der Waals surface area contributed by atoms with Gasteiger partial charge in [-0.3, -0.25) is 0 Å². The maximum atomic E-state index is 11.2. The van der Waals surface area contributed by atoms with Gasteiger partial charge in [0.05, 0.1) is 17.7 Å². The van der Waals surface area contributed by atoms with Crippen molar-refractivity contribution >= 4 is 30.3 Å². The Hall–Kier alpha value is -2.22. The summed E-state index contributed by atoms with van der Waals surface area (Å²) in [5.41, 5.74) is 0.587. The normalized spacial score (nSPS) is 23.7. The molecule has 8 heteroatoms. The summed E-state index contributed by atoms with van der Waals surface area (Å²) in [5.74, 6) is 0.653. The van der Waals surface area contributed by atoms with Crippen LogP contribution in [0.1, 0.15) is 38.8 Å². The number of fused-ring (bicyclic) bond motifs is 1. The van der Waals surface area contributed by atoms with Gasteiger partial charge in [0.15, 0.2) is 5.60 Å². The van der Waals surface area contributed by atoms with E-state index in [0.717, 1.165) is 16.6 Å². The highest BCUT2D eigenvalue weighted by Gasteiger charge is 2.54. The zero-order valence-corrected chi connectivity index (χ0v) is 18.2. The van der Waals surface area contributed by atoms with Gasteiger partial charge in [-0.05, 0) is 51.0 Å². The molecule has 6 nitrogen and oxygen atoms in total. The third-order valence-electron chi connectivity index (χ3n) is 6.34. The molecule has 2 N–H and O–H groups in total. The van der Waals surface area contributed by atoms with Gasteiger partial charge in [-0.2, -0.15) is 0 Å². The number of amides is 1. The van der Waals surface area contributed by atoms with E-state index in [1.165, 1.54) is 0 Å². The van der Waals surface area contributed by atoms with Crippen molar-refractivity contribution in [2.24, 2.45) is 0 Å². The van der Waals surface area contributed by atoms with Gasteiger partial charge < -0.3 is 24.5 Å². The molecule has 2 aliphatic rings. The summed E-state index contributed by atoms with van der Waals surface area (Å²) in [6.07, 6.45) is -0.666. The van der Waals surface area contributed by atoms with Crippen LogP contribution in [-0.4, -0.2) is 36.1 Å². The first-order chi connectivity index (χ1) is 14.0. The van der Waals surface area contributed by atoms with E-state index < -0.39 is 30.0 Å². The number of carboxylic acid groups (broad SMARTS) is 1. The smallest absolute Gasteiger partial charge is 0.480 e. The Balaban J connectivity index is 1.76.